The van der Waals surface area contributed by atoms with E-state index in [0.29, 0.717) is 50.1 Å². The first-order chi connectivity index (χ1) is 15.0. The zero-order valence-corrected chi connectivity index (χ0v) is 18.5. The standard InChI is InChI=1S/C24H25N5O2.ClH/c25-13-19-5-1-17(2-6-19)9-11-29(12-10-18-3-7-20(14-26)8-4-18)24(31)22-16-28-15-21(22)23(27)30;/h1-8,21-22,28H,9-12,15-16H2,(H2,27,30);1H. The lowest BCUT2D eigenvalue weighted by Crippen LogP contribution is -2.44. The lowest BCUT2D eigenvalue weighted by atomic mass is 9.93. The summed E-state index contributed by atoms with van der Waals surface area (Å²) < 4.78 is 0. The van der Waals surface area contributed by atoms with E-state index in [1.54, 1.807) is 29.2 Å². The van der Waals surface area contributed by atoms with Gasteiger partial charge in [0.25, 0.3) is 0 Å². The molecule has 1 heterocycles. The van der Waals surface area contributed by atoms with Crippen LogP contribution in [0.3, 0.4) is 0 Å². The second kappa shape index (κ2) is 11.9. The Hall–Kier alpha value is -3.39. The van der Waals surface area contributed by atoms with Crippen LogP contribution >= 0.6 is 12.4 Å². The first-order valence-corrected chi connectivity index (χ1v) is 10.3. The molecule has 0 saturated carbocycles. The van der Waals surface area contributed by atoms with E-state index < -0.39 is 17.7 Å². The number of nitrogens with one attached hydrogen (secondary N) is 1. The summed E-state index contributed by atoms with van der Waals surface area (Å²) in [5.41, 5.74) is 8.77. The van der Waals surface area contributed by atoms with Gasteiger partial charge in [0.1, 0.15) is 0 Å². The molecule has 0 aromatic heterocycles. The summed E-state index contributed by atoms with van der Waals surface area (Å²) in [7, 11) is 0. The molecule has 8 heteroatoms. The van der Waals surface area contributed by atoms with E-state index in [-0.39, 0.29) is 18.3 Å². The maximum atomic E-state index is 13.3. The Bertz CT molecular complexity index is 947. The van der Waals surface area contributed by atoms with E-state index in [2.05, 4.69) is 17.5 Å². The highest BCUT2D eigenvalue weighted by Gasteiger charge is 2.38. The molecule has 2 aromatic carbocycles. The molecule has 0 aliphatic carbocycles. The smallest absolute Gasteiger partial charge is 0.227 e. The molecule has 1 aliphatic rings. The molecule has 0 bridgehead atoms. The fourth-order valence-corrected chi connectivity index (χ4v) is 3.82. The Morgan fingerprint density at radius 1 is 0.875 bits per heavy atom. The molecule has 0 radical (unpaired) electrons. The third-order valence-electron chi connectivity index (χ3n) is 5.72. The van der Waals surface area contributed by atoms with Gasteiger partial charge in [-0.05, 0) is 48.2 Å². The van der Waals surface area contributed by atoms with E-state index >= 15 is 0 Å². The predicted molar refractivity (Wildman–Crippen MR) is 123 cm³/mol. The largest absolute Gasteiger partial charge is 0.369 e. The summed E-state index contributed by atoms with van der Waals surface area (Å²) in [5, 5.41) is 21.0. The number of carbonyl (C=O) groups excluding carboxylic acids is 2. The summed E-state index contributed by atoms with van der Waals surface area (Å²) in [5.74, 6) is -1.49. The highest BCUT2D eigenvalue weighted by atomic mass is 35.5. The van der Waals surface area contributed by atoms with Gasteiger partial charge in [0, 0.05) is 26.2 Å². The Morgan fingerprint density at radius 2 is 1.31 bits per heavy atom. The molecule has 3 N–H and O–H groups in total. The number of nitrogens with two attached hydrogens (primary N) is 1. The lowest BCUT2D eigenvalue weighted by Gasteiger charge is -2.27. The van der Waals surface area contributed by atoms with E-state index in [1.807, 2.05) is 24.3 Å². The highest BCUT2D eigenvalue weighted by molar-refractivity contribution is 5.88. The average molecular weight is 452 g/mol. The number of benzene rings is 2. The van der Waals surface area contributed by atoms with E-state index in [0.717, 1.165) is 11.1 Å². The minimum absolute atomic E-state index is 0. The van der Waals surface area contributed by atoms with Crippen LogP contribution in [0.4, 0.5) is 0 Å². The van der Waals surface area contributed by atoms with Gasteiger partial charge in [-0.3, -0.25) is 9.59 Å². The number of amides is 2. The molecule has 1 aliphatic heterocycles. The van der Waals surface area contributed by atoms with Gasteiger partial charge in [-0.2, -0.15) is 10.5 Å². The average Bonchev–Trinajstić information content (AvgIpc) is 3.30. The van der Waals surface area contributed by atoms with Crippen molar-refractivity contribution < 1.29 is 9.59 Å². The third kappa shape index (κ3) is 6.31. The van der Waals surface area contributed by atoms with Gasteiger partial charge in [-0.15, -0.1) is 12.4 Å². The fraction of sp³-hybridized carbons (Fsp3) is 0.333. The molecule has 1 fully saturated rings. The number of nitriles is 2. The van der Waals surface area contributed by atoms with Crippen molar-refractivity contribution in [2.45, 2.75) is 12.8 Å². The lowest BCUT2D eigenvalue weighted by molar-refractivity contribution is -0.139. The van der Waals surface area contributed by atoms with Crippen molar-refractivity contribution >= 4 is 24.2 Å². The molecular weight excluding hydrogens is 426 g/mol. The van der Waals surface area contributed by atoms with Gasteiger partial charge < -0.3 is 16.0 Å². The molecule has 1 saturated heterocycles. The Morgan fingerprint density at radius 3 is 1.72 bits per heavy atom. The van der Waals surface area contributed by atoms with Gasteiger partial charge in [-0.1, -0.05) is 24.3 Å². The Kier molecular flexibility index (Phi) is 9.22. The van der Waals surface area contributed by atoms with Crippen molar-refractivity contribution in [1.82, 2.24) is 10.2 Å². The second-order valence-electron chi connectivity index (χ2n) is 7.72. The monoisotopic (exact) mass is 451 g/mol. The van der Waals surface area contributed by atoms with Crippen molar-refractivity contribution in [1.29, 1.82) is 10.5 Å². The number of hydrogen-bond donors (Lipinski definition) is 2. The van der Waals surface area contributed by atoms with Gasteiger partial charge in [0.2, 0.25) is 11.8 Å². The maximum absolute atomic E-state index is 13.3. The number of rotatable bonds is 8. The molecule has 32 heavy (non-hydrogen) atoms. The molecule has 0 spiro atoms. The van der Waals surface area contributed by atoms with Gasteiger partial charge in [0.15, 0.2) is 0 Å². The van der Waals surface area contributed by atoms with Crippen molar-refractivity contribution in [3.63, 3.8) is 0 Å². The van der Waals surface area contributed by atoms with Crippen molar-refractivity contribution in [3.05, 3.63) is 70.8 Å². The van der Waals surface area contributed by atoms with Gasteiger partial charge in [-0.25, -0.2) is 0 Å². The van der Waals surface area contributed by atoms with Crippen LogP contribution in [0.25, 0.3) is 0 Å². The number of primary amides is 1. The molecule has 2 unspecified atom stereocenters. The molecule has 2 aromatic rings. The van der Waals surface area contributed by atoms with Gasteiger partial charge in [0.05, 0.1) is 35.1 Å². The van der Waals surface area contributed by atoms with E-state index in [4.69, 9.17) is 16.3 Å². The maximum Gasteiger partial charge on any atom is 0.227 e. The number of nitrogens with zero attached hydrogens (tertiary/aromatic N) is 3. The van der Waals surface area contributed by atoms with Crippen LogP contribution in [0, 0.1) is 34.5 Å². The van der Waals surface area contributed by atoms with Crippen LogP contribution in [-0.2, 0) is 22.4 Å². The number of carbonyl (C=O) groups is 2. The van der Waals surface area contributed by atoms with Crippen LogP contribution in [0.5, 0.6) is 0 Å². The minimum Gasteiger partial charge on any atom is -0.369 e. The fourth-order valence-electron chi connectivity index (χ4n) is 3.82. The summed E-state index contributed by atoms with van der Waals surface area (Å²) in [6.07, 6.45) is 1.29. The first kappa shape index (κ1) is 24.9. The quantitative estimate of drug-likeness (QED) is 0.633. The summed E-state index contributed by atoms with van der Waals surface area (Å²) in [4.78, 5) is 26.9. The van der Waals surface area contributed by atoms with Crippen LogP contribution in [0.15, 0.2) is 48.5 Å². The van der Waals surface area contributed by atoms with Crippen LogP contribution < -0.4 is 11.1 Å². The van der Waals surface area contributed by atoms with Crippen LogP contribution in [-0.4, -0.2) is 42.9 Å². The van der Waals surface area contributed by atoms with E-state index in [1.165, 1.54) is 0 Å². The summed E-state index contributed by atoms with van der Waals surface area (Å²) in [6.45, 7) is 1.87. The van der Waals surface area contributed by atoms with Crippen LogP contribution in [0.2, 0.25) is 0 Å². The van der Waals surface area contributed by atoms with Crippen molar-refractivity contribution in [2.24, 2.45) is 17.6 Å². The second-order valence-corrected chi connectivity index (χ2v) is 7.72. The number of hydrogen-bond acceptors (Lipinski definition) is 5. The zero-order chi connectivity index (χ0) is 22.2. The Labute approximate surface area is 194 Å². The molecule has 7 nitrogen and oxygen atoms in total. The van der Waals surface area contributed by atoms with Crippen molar-refractivity contribution in [3.8, 4) is 12.1 Å². The van der Waals surface area contributed by atoms with Gasteiger partial charge >= 0.3 is 0 Å². The Balaban J connectivity index is 0.00000363. The molecule has 2 atom stereocenters. The molecular formula is C24H26ClN5O2. The van der Waals surface area contributed by atoms with Crippen LogP contribution in [0.1, 0.15) is 22.3 Å². The highest BCUT2D eigenvalue weighted by Crippen LogP contribution is 2.20. The molecule has 3 rings (SSSR count). The molecule has 2 amide bonds. The summed E-state index contributed by atoms with van der Waals surface area (Å²) >= 11 is 0. The first-order valence-electron chi connectivity index (χ1n) is 10.3. The summed E-state index contributed by atoms with van der Waals surface area (Å²) in [6, 6.07) is 18.8. The topological polar surface area (TPSA) is 123 Å². The predicted octanol–water partition coefficient (Wildman–Crippen LogP) is 1.79. The number of halogens is 1. The zero-order valence-electron chi connectivity index (χ0n) is 17.7. The third-order valence-corrected chi connectivity index (χ3v) is 5.72. The van der Waals surface area contributed by atoms with Crippen molar-refractivity contribution in [2.75, 3.05) is 26.2 Å². The normalized spacial score (nSPS) is 16.9. The SMILES string of the molecule is Cl.N#Cc1ccc(CCN(CCc2ccc(C#N)cc2)C(=O)C2CNCC2C(N)=O)cc1. The van der Waals surface area contributed by atoms with E-state index in [9.17, 15) is 9.59 Å². The molecule has 166 valence electrons. The minimum atomic E-state index is -0.500.